The van der Waals surface area contributed by atoms with Crippen molar-refractivity contribution in [1.29, 1.82) is 0 Å². The predicted octanol–water partition coefficient (Wildman–Crippen LogP) is 13.3. The molecule has 1 atom stereocenters. The Kier molecular flexibility index (Phi) is 7.24. The summed E-state index contributed by atoms with van der Waals surface area (Å²) in [6.45, 7) is 0. The van der Waals surface area contributed by atoms with Gasteiger partial charge in [-0.1, -0.05) is 146 Å². The molecule has 2 heterocycles. The van der Waals surface area contributed by atoms with E-state index in [1.54, 1.807) is 0 Å². The molecule has 0 bridgehead atoms. The van der Waals surface area contributed by atoms with Crippen molar-refractivity contribution in [3.63, 3.8) is 0 Å². The van der Waals surface area contributed by atoms with Gasteiger partial charge in [-0.2, -0.15) is 0 Å². The van der Waals surface area contributed by atoms with Crippen LogP contribution in [0.25, 0.3) is 87.0 Å². The van der Waals surface area contributed by atoms with Gasteiger partial charge in [-0.25, -0.2) is 15.0 Å². The van der Waals surface area contributed by atoms with E-state index in [-0.39, 0.29) is 5.92 Å². The van der Waals surface area contributed by atoms with Crippen molar-refractivity contribution in [1.82, 2.24) is 15.0 Å². The molecule has 0 amide bonds. The number of aromatic nitrogens is 3. The molecule has 254 valence electrons. The number of thiophene rings is 1. The first-order valence-electron chi connectivity index (χ1n) is 18.6. The summed E-state index contributed by atoms with van der Waals surface area (Å²) in [5.41, 5.74) is 9.68. The van der Waals surface area contributed by atoms with Gasteiger partial charge < -0.3 is 0 Å². The molecule has 0 saturated carbocycles. The van der Waals surface area contributed by atoms with Gasteiger partial charge >= 0.3 is 0 Å². The number of nitrogens with zero attached hydrogens (tertiary/aromatic N) is 3. The molecule has 3 nitrogen and oxygen atoms in total. The summed E-state index contributed by atoms with van der Waals surface area (Å²) in [6.07, 6.45) is 1.94. The van der Waals surface area contributed by atoms with Crippen LogP contribution in [0.3, 0.4) is 0 Å². The largest absolute Gasteiger partial charge is 0.208 e. The van der Waals surface area contributed by atoms with Gasteiger partial charge in [0, 0.05) is 42.8 Å². The third kappa shape index (κ3) is 5.13. The van der Waals surface area contributed by atoms with Gasteiger partial charge in [0.2, 0.25) is 0 Å². The minimum atomic E-state index is 0.121. The number of aryl methyl sites for hydroxylation is 1. The third-order valence-electron chi connectivity index (χ3n) is 11.2. The lowest BCUT2D eigenvalue weighted by molar-refractivity contribution is 0.727. The van der Waals surface area contributed by atoms with Crippen LogP contribution in [-0.2, 0) is 6.42 Å². The van der Waals surface area contributed by atoms with Crippen LogP contribution in [0.5, 0.6) is 0 Å². The molecule has 0 fully saturated rings. The number of hydrogen-bond donors (Lipinski definition) is 0. The van der Waals surface area contributed by atoms with E-state index in [9.17, 15) is 0 Å². The van der Waals surface area contributed by atoms with Gasteiger partial charge in [0.1, 0.15) is 0 Å². The van der Waals surface area contributed by atoms with Crippen molar-refractivity contribution >= 4 is 53.1 Å². The molecule has 1 aliphatic rings. The zero-order valence-corrected chi connectivity index (χ0v) is 30.2. The summed E-state index contributed by atoms with van der Waals surface area (Å²) in [5.74, 6) is 2.18. The van der Waals surface area contributed by atoms with E-state index in [1.165, 1.54) is 64.1 Å². The molecule has 1 unspecified atom stereocenters. The van der Waals surface area contributed by atoms with E-state index in [1.807, 2.05) is 17.4 Å². The monoisotopic (exact) mass is 707 g/mol. The molecule has 0 N–H and O–H groups in total. The zero-order valence-electron chi connectivity index (χ0n) is 29.4. The molecular weight excluding hydrogens is 675 g/mol. The molecule has 2 aromatic heterocycles. The lowest BCUT2D eigenvalue weighted by Crippen LogP contribution is -2.07. The number of benzene rings is 8. The maximum Gasteiger partial charge on any atom is 0.165 e. The topological polar surface area (TPSA) is 38.7 Å². The van der Waals surface area contributed by atoms with Gasteiger partial charge in [0.15, 0.2) is 17.5 Å². The summed E-state index contributed by atoms with van der Waals surface area (Å²) in [7, 11) is 0. The van der Waals surface area contributed by atoms with Crippen LogP contribution < -0.4 is 0 Å². The van der Waals surface area contributed by atoms with Crippen molar-refractivity contribution < 1.29 is 0 Å². The second kappa shape index (κ2) is 12.6. The second-order valence-corrected chi connectivity index (χ2v) is 15.4. The average Bonchev–Trinajstić information content (AvgIpc) is 3.54. The Labute approximate surface area is 317 Å². The fraction of sp³-hybridized carbons (Fsp3) is 0.0600. The lowest BCUT2D eigenvalue weighted by atomic mass is 9.82. The van der Waals surface area contributed by atoms with Crippen LogP contribution in [0, 0.1) is 0 Å². The fourth-order valence-electron chi connectivity index (χ4n) is 8.60. The predicted molar refractivity (Wildman–Crippen MR) is 226 cm³/mol. The minimum absolute atomic E-state index is 0.121. The van der Waals surface area contributed by atoms with Crippen LogP contribution in [0.2, 0.25) is 0 Å². The number of hydrogen-bond acceptors (Lipinski definition) is 4. The molecule has 1 aliphatic carbocycles. The Morgan fingerprint density at radius 2 is 1.11 bits per heavy atom. The molecule has 0 radical (unpaired) electrons. The smallest absolute Gasteiger partial charge is 0.165 e. The molecule has 4 heteroatoms. The molecule has 8 aromatic carbocycles. The minimum Gasteiger partial charge on any atom is -0.208 e. The molecule has 0 aliphatic heterocycles. The zero-order chi connectivity index (χ0) is 35.6. The summed E-state index contributed by atoms with van der Waals surface area (Å²) in [4.78, 5) is 16.0. The van der Waals surface area contributed by atoms with E-state index >= 15 is 0 Å². The summed E-state index contributed by atoms with van der Waals surface area (Å²) >= 11 is 1.84. The number of rotatable bonds is 4. The maximum absolute atomic E-state index is 5.44. The first kappa shape index (κ1) is 31.1. The van der Waals surface area contributed by atoms with Crippen molar-refractivity contribution in [3.05, 3.63) is 187 Å². The first-order valence-corrected chi connectivity index (χ1v) is 19.4. The van der Waals surface area contributed by atoms with E-state index in [0.717, 1.165) is 34.9 Å². The van der Waals surface area contributed by atoms with Gasteiger partial charge in [0.25, 0.3) is 0 Å². The molecule has 0 saturated heterocycles. The van der Waals surface area contributed by atoms with Gasteiger partial charge in [0.05, 0.1) is 0 Å². The fourth-order valence-corrected chi connectivity index (χ4v) is 9.71. The summed E-state index contributed by atoms with van der Waals surface area (Å²) in [5, 5.41) is 7.37. The lowest BCUT2D eigenvalue weighted by Gasteiger charge is -2.22. The van der Waals surface area contributed by atoms with Gasteiger partial charge in [-0.15, -0.1) is 11.3 Å². The van der Waals surface area contributed by atoms with E-state index in [0.29, 0.717) is 17.5 Å². The quantitative estimate of drug-likeness (QED) is 0.183. The summed E-state index contributed by atoms with van der Waals surface area (Å²) in [6, 6.07) is 61.3. The normalized spacial score (nSPS) is 14.0. The molecule has 0 spiro atoms. The Balaban J connectivity index is 1.20. The van der Waals surface area contributed by atoms with E-state index in [4.69, 9.17) is 15.0 Å². The van der Waals surface area contributed by atoms with Crippen LogP contribution in [0.1, 0.15) is 29.0 Å². The van der Waals surface area contributed by atoms with Crippen LogP contribution >= 0.6 is 11.3 Å². The van der Waals surface area contributed by atoms with Crippen LogP contribution in [0.4, 0.5) is 0 Å². The number of fused-ring (bicyclic) bond motifs is 8. The van der Waals surface area contributed by atoms with Crippen LogP contribution in [0.15, 0.2) is 170 Å². The van der Waals surface area contributed by atoms with Gasteiger partial charge in [-0.3, -0.25) is 0 Å². The van der Waals surface area contributed by atoms with Crippen LogP contribution in [-0.4, -0.2) is 15.0 Å². The van der Waals surface area contributed by atoms with Crippen molar-refractivity contribution in [2.45, 2.75) is 18.8 Å². The highest BCUT2D eigenvalue weighted by atomic mass is 32.1. The highest BCUT2D eigenvalue weighted by Crippen LogP contribution is 2.49. The standard InChI is InChI=1S/C50H33N3S/c1-2-13-32(14-3-1)48-51-49(37-23-22-31-12-4-5-15-33(31)29-37)53-50(52-48)47-41(26-27-45-46(47)42-20-10-11-21-44(42)54-45)40-25-24-36-28-34-16-6-7-17-35(34)30-43(36)39-19-9-8-18-38(39)40/h1-23,26-30,40H,24-25H2. The molecule has 10 aromatic rings. The van der Waals surface area contributed by atoms with E-state index in [2.05, 4.69) is 164 Å². The molecule has 11 rings (SSSR count). The molecular formula is C50H33N3S. The highest BCUT2D eigenvalue weighted by molar-refractivity contribution is 7.25. The van der Waals surface area contributed by atoms with E-state index < -0.39 is 0 Å². The second-order valence-electron chi connectivity index (χ2n) is 14.3. The Morgan fingerprint density at radius 3 is 1.96 bits per heavy atom. The molecule has 54 heavy (non-hydrogen) atoms. The Hall–Kier alpha value is -6.49. The SMILES string of the molecule is c1ccc(-c2nc(-c3ccc4ccccc4c3)nc(-c3c(C4CCc5cc6ccccc6cc5-c5ccccc54)ccc4sc5ccccc5c34)n2)cc1. The van der Waals surface area contributed by atoms with Crippen molar-refractivity contribution in [2.24, 2.45) is 0 Å². The summed E-state index contributed by atoms with van der Waals surface area (Å²) < 4.78 is 2.50. The Morgan fingerprint density at radius 1 is 0.444 bits per heavy atom. The maximum atomic E-state index is 5.44. The average molecular weight is 708 g/mol. The first-order chi connectivity index (χ1) is 26.7. The van der Waals surface area contributed by atoms with Gasteiger partial charge in [-0.05, 0) is 86.5 Å². The van der Waals surface area contributed by atoms with Crippen molar-refractivity contribution in [2.75, 3.05) is 0 Å². The Bertz CT molecular complexity index is 3070. The third-order valence-corrected chi connectivity index (χ3v) is 12.3. The highest BCUT2D eigenvalue weighted by Gasteiger charge is 2.29. The van der Waals surface area contributed by atoms with Crippen molar-refractivity contribution in [3.8, 4) is 45.3 Å².